The molecule has 0 bridgehead atoms. The number of rotatable bonds is 6. The van der Waals surface area contributed by atoms with Crippen LogP contribution in [0.15, 0.2) is 29.2 Å². The lowest BCUT2D eigenvalue weighted by Crippen LogP contribution is -2.33. The largest absolute Gasteiger partial charge is 0.393 e. The summed E-state index contributed by atoms with van der Waals surface area (Å²) in [6.07, 6.45) is 4.19. The zero-order valence-corrected chi connectivity index (χ0v) is 13.6. The van der Waals surface area contributed by atoms with E-state index in [2.05, 4.69) is 5.32 Å². The van der Waals surface area contributed by atoms with E-state index in [-0.39, 0.29) is 12.0 Å². The second kappa shape index (κ2) is 8.66. The van der Waals surface area contributed by atoms with Gasteiger partial charge >= 0.3 is 0 Å². The second-order valence-corrected chi connectivity index (χ2v) is 7.06. The number of hydrogen-bond acceptors (Lipinski definition) is 3. The minimum absolute atomic E-state index is 0.0783. The lowest BCUT2D eigenvalue weighted by Gasteiger charge is -2.25. The van der Waals surface area contributed by atoms with E-state index in [9.17, 15) is 9.90 Å². The Hall–Kier alpha value is -0.710. The lowest BCUT2D eigenvalue weighted by molar-refractivity contribution is -0.121. The number of thioether (sulfide) groups is 1. The van der Waals surface area contributed by atoms with Gasteiger partial charge in [0.2, 0.25) is 5.91 Å². The Morgan fingerprint density at radius 3 is 2.95 bits per heavy atom. The van der Waals surface area contributed by atoms with Crippen molar-refractivity contribution in [3.8, 4) is 0 Å². The first kappa shape index (κ1) is 16.7. The molecule has 1 aliphatic carbocycles. The fourth-order valence-electron chi connectivity index (χ4n) is 2.61. The van der Waals surface area contributed by atoms with Crippen molar-refractivity contribution in [3.63, 3.8) is 0 Å². The summed E-state index contributed by atoms with van der Waals surface area (Å²) in [6, 6.07) is 7.67. The summed E-state index contributed by atoms with van der Waals surface area (Å²) in [6.45, 7) is 0.687. The molecule has 5 heteroatoms. The van der Waals surface area contributed by atoms with Gasteiger partial charge in [0.1, 0.15) is 0 Å². The number of carbonyl (C=O) groups is 1. The number of aliphatic hydroxyl groups excluding tert-OH is 1. The van der Waals surface area contributed by atoms with Crippen molar-refractivity contribution in [1.82, 2.24) is 5.32 Å². The van der Waals surface area contributed by atoms with Crippen molar-refractivity contribution in [3.05, 3.63) is 29.3 Å². The SMILES string of the molecule is O=C(CCSc1ccccc1Cl)NCC1CCCC(O)C1. The van der Waals surface area contributed by atoms with Crippen LogP contribution in [0.2, 0.25) is 5.02 Å². The van der Waals surface area contributed by atoms with E-state index in [4.69, 9.17) is 11.6 Å². The molecule has 0 aliphatic heterocycles. The van der Waals surface area contributed by atoms with Crippen LogP contribution in [0.1, 0.15) is 32.1 Å². The molecule has 0 spiro atoms. The molecule has 1 saturated carbocycles. The molecule has 2 unspecified atom stereocenters. The molecular formula is C16H22ClNO2S. The predicted molar refractivity (Wildman–Crippen MR) is 87.8 cm³/mol. The van der Waals surface area contributed by atoms with Crippen LogP contribution in [0.5, 0.6) is 0 Å². The van der Waals surface area contributed by atoms with E-state index >= 15 is 0 Å². The third-order valence-corrected chi connectivity index (χ3v) is 5.28. The van der Waals surface area contributed by atoms with E-state index in [0.717, 1.165) is 41.4 Å². The highest BCUT2D eigenvalue weighted by Crippen LogP contribution is 2.27. The number of carbonyl (C=O) groups excluding carboxylic acids is 1. The molecule has 116 valence electrons. The molecule has 0 saturated heterocycles. The first-order valence-electron chi connectivity index (χ1n) is 7.47. The normalized spacial score (nSPS) is 22.0. The molecule has 0 radical (unpaired) electrons. The first-order chi connectivity index (χ1) is 10.1. The molecule has 1 aliphatic rings. The molecule has 1 aromatic carbocycles. The maximum Gasteiger partial charge on any atom is 0.220 e. The van der Waals surface area contributed by atoms with Gasteiger partial charge in [-0.05, 0) is 37.3 Å². The summed E-state index contributed by atoms with van der Waals surface area (Å²) in [5.74, 6) is 1.23. The number of aliphatic hydroxyl groups is 1. The Morgan fingerprint density at radius 1 is 1.38 bits per heavy atom. The molecule has 1 amide bonds. The average molecular weight is 328 g/mol. The third-order valence-electron chi connectivity index (χ3n) is 3.77. The van der Waals surface area contributed by atoms with E-state index in [0.29, 0.717) is 18.9 Å². The van der Waals surface area contributed by atoms with Crippen LogP contribution in [0.25, 0.3) is 0 Å². The maximum atomic E-state index is 11.8. The van der Waals surface area contributed by atoms with Crippen molar-refractivity contribution in [1.29, 1.82) is 0 Å². The minimum Gasteiger partial charge on any atom is -0.393 e. The van der Waals surface area contributed by atoms with Gasteiger partial charge in [0.05, 0.1) is 11.1 Å². The summed E-state index contributed by atoms with van der Waals surface area (Å²) in [4.78, 5) is 12.8. The molecule has 1 fully saturated rings. The van der Waals surface area contributed by atoms with Crippen LogP contribution in [-0.4, -0.2) is 29.4 Å². The Kier molecular flexibility index (Phi) is 6.87. The van der Waals surface area contributed by atoms with Crippen molar-refractivity contribution < 1.29 is 9.90 Å². The zero-order chi connectivity index (χ0) is 15.1. The average Bonchev–Trinajstić information content (AvgIpc) is 2.47. The van der Waals surface area contributed by atoms with Crippen LogP contribution < -0.4 is 5.32 Å². The highest BCUT2D eigenvalue weighted by Gasteiger charge is 2.20. The van der Waals surface area contributed by atoms with Gasteiger partial charge in [-0.3, -0.25) is 4.79 Å². The number of amides is 1. The maximum absolute atomic E-state index is 11.8. The summed E-state index contributed by atoms with van der Waals surface area (Å²) >= 11 is 7.68. The molecule has 3 nitrogen and oxygen atoms in total. The fraction of sp³-hybridized carbons (Fsp3) is 0.562. The molecule has 21 heavy (non-hydrogen) atoms. The molecule has 2 N–H and O–H groups in total. The minimum atomic E-state index is -0.184. The first-order valence-corrected chi connectivity index (χ1v) is 8.83. The van der Waals surface area contributed by atoms with Gasteiger partial charge in [-0.25, -0.2) is 0 Å². The number of nitrogens with one attached hydrogen (secondary N) is 1. The Balaban J connectivity index is 1.62. The van der Waals surface area contributed by atoms with E-state index < -0.39 is 0 Å². The molecule has 1 aromatic rings. The Labute approximate surface area is 135 Å². The van der Waals surface area contributed by atoms with Crippen LogP contribution in [0.3, 0.4) is 0 Å². The van der Waals surface area contributed by atoms with Gasteiger partial charge in [-0.15, -0.1) is 11.8 Å². The predicted octanol–water partition coefficient (Wildman–Crippen LogP) is 3.49. The third kappa shape index (κ3) is 5.89. The standard InChI is InChI=1S/C16H22ClNO2S/c17-14-6-1-2-7-15(14)21-9-8-16(20)18-11-12-4-3-5-13(19)10-12/h1-2,6-7,12-13,19H,3-5,8-11H2,(H,18,20). The van der Waals surface area contributed by atoms with Crippen LogP contribution in [-0.2, 0) is 4.79 Å². The second-order valence-electron chi connectivity index (χ2n) is 5.52. The Bertz CT molecular complexity index is 469. The fourth-order valence-corrected chi connectivity index (χ4v) is 3.80. The number of benzene rings is 1. The van der Waals surface area contributed by atoms with Gasteiger partial charge in [-0.1, -0.05) is 30.2 Å². The molecule has 2 atom stereocenters. The van der Waals surface area contributed by atoms with Gasteiger partial charge in [0.15, 0.2) is 0 Å². The highest BCUT2D eigenvalue weighted by atomic mass is 35.5. The van der Waals surface area contributed by atoms with Crippen LogP contribution >= 0.6 is 23.4 Å². The monoisotopic (exact) mass is 327 g/mol. The van der Waals surface area contributed by atoms with Crippen LogP contribution in [0.4, 0.5) is 0 Å². The lowest BCUT2D eigenvalue weighted by atomic mass is 9.87. The number of hydrogen-bond donors (Lipinski definition) is 2. The smallest absolute Gasteiger partial charge is 0.220 e. The van der Waals surface area contributed by atoms with E-state index in [1.807, 2.05) is 24.3 Å². The van der Waals surface area contributed by atoms with Crippen LogP contribution in [0, 0.1) is 5.92 Å². The quantitative estimate of drug-likeness (QED) is 0.786. The van der Waals surface area contributed by atoms with Gasteiger partial charge in [-0.2, -0.15) is 0 Å². The van der Waals surface area contributed by atoms with Crippen molar-refractivity contribution in [2.75, 3.05) is 12.3 Å². The summed E-state index contributed by atoms with van der Waals surface area (Å²) in [5, 5.41) is 13.3. The summed E-state index contributed by atoms with van der Waals surface area (Å²) < 4.78 is 0. The molecular weight excluding hydrogens is 306 g/mol. The zero-order valence-electron chi connectivity index (χ0n) is 12.1. The summed E-state index contributed by atoms with van der Waals surface area (Å²) in [5.41, 5.74) is 0. The topological polar surface area (TPSA) is 49.3 Å². The Morgan fingerprint density at radius 2 is 2.19 bits per heavy atom. The van der Waals surface area contributed by atoms with E-state index in [1.165, 1.54) is 0 Å². The van der Waals surface area contributed by atoms with Crippen molar-refractivity contribution >= 4 is 29.3 Å². The van der Waals surface area contributed by atoms with Gasteiger partial charge in [0.25, 0.3) is 0 Å². The number of halogens is 1. The van der Waals surface area contributed by atoms with Crippen molar-refractivity contribution in [2.24, 2.45) is 5.92 Å². The van der Waals surface area contributed by atoms with E-state index in [1.54, 1.807) is 11.8 Å². The summed E-state index contributed by atoms with van der Waals surface area (Å²) in [7, 11) is 0. The molecule has 0 aromatic heterocycles. The highest BCUT2D eigenvalue weighted by molar-refractivity contribution is 7.99. The molecule has 2 rings (SSSR count). The van der Waals surface area contributed by atoms with Gasteiger partial charge < -0.3 is 10.4 Å². The molecule has 0 heterocycles. The van der Waals surface area contributed by atoms with Crippen molar-refractivity contribution in [2.45, 2.75) is 43.1 Å². The van der Waals surface area contributed by atoms with Gasteiger partial charge in [0, 0.05) is 23.6 Å².